The Hall–Kier alpha value is -1.30. The molecule has 19 heavy (non-hydrogen) atoms. The second-order valence-corrected chi connectivity index (χ2v) is 7.31. The highest BCUT2D eigenvalue weighted by molar-refractivity contribution is 8.14. The predicted octanol–water partition coefficient (Wildman–Crippen LogP) is 2.09. The van der Waals surface area contributed by atoms with E-state index in [-0.39, 0.29) is 21.7 Å². The maximum absolute atomic E-state index is 12.0. The Labute approximate surface area is 117 Å². The van der Waals surface area contributed by atoms with Crippen LogP contribution in [0.2, 0.25) is 0 Å². The number of carbonyl (C=O) groups is 2. The monoisotopic (exact) mass is 281 g/mol. The maximum Gasteiger partial charge on any atom is 0.229 e. The van der Waals surface area contributed by atoms with E-state index in [1.165, 1.54) is 18.7 Å². The molecular formula is C13H19N3O2S. The van der Waals surface area contributed by atoms with E-state index >= 15 is 0 Å². The number of amides is 1. The first kappa shape index (κ1) is 14.1. The lowest BCUT2D eigenvalue weighted by Crippen LogP contribution is -2.25. The average molecular weight is 281 g/mol. The Morgan fingerprint density at radius 3 is 2.74 bits per heavy atom. The molecule has 6 heteroatoms. The first-order valence-corrected chi connectivity index (χ1v) is 7.19. The van der Waals surface area contributed by atoms with Crippen molar-refractivity contribution in [3.8, 4) is 0 Å². The van der Waals surface area contributed by atoms with Crippen LogP contribution < -0.4 is 4.90 Å². The van der Waals surface area contributed by atoms with Gasteiger partial charge in [-0.05, 0) is 0 Å². The number of H-pyrrole nitrogens is 1. The molecule has 1 aromatic heterocycles. The summed E-state index contributed by atoms with van der Waals surface area (Å²) in [6, 6.07) is 1.92. The highest BCUT2D eigenvalue weighted by Gasteiger charge is 2.33. The molecule has 1 aliphatic rings. The summed E-state index contributed by atoms with van der Waals surface area (Å²) in [6.45, 7) is 8.35. The van der Waals surface area contributed by atoms with Gasteiger partial charge < -0.3 is 0 Å². The standard InChI is InChI=1S/C13H19N3O2S/c1-8(17)19-9-5-12(18)16(7-9)11-6-10(14-15-11)13(2,3)4/h6,9H,5,7H2,1-4H3,(H,14,15). The van der Waals surface area contributed by atoms with Crippen molar-refractivity contribution in [3.63, 3.8) is 0 Å². The molecule has 1 unspecified atom stereocenters. The van der Waals surface area contributed by atoms with Gasteiger partial charge in [0.25, 0.3) is 0 Å². The minimum absolute atomic E-state index is 0.0262. The van der Waals surface area contributed by atoms with E-state index in [9.17, 15) is 9.59 Å². The lowest BCUT2D eigenvalue weighted by molar-refractivity contribution is -0.117. The molecule has 0 spiro atoms. The fourth-order valence-electron chi connectivity index (χ4n) is 2.04. The summed E-state index contributed by atoms with van der Waals surface area (Å²) in [7, 11) is 0. The molecule has 1 atom stereocenters. The normalized spacial score (nSPS) is 20.1. The van der Waals surface area contributed by atoms with Crippen molar-refractivity contribution in [1.29, 1.82) is 0 Å². The van der Waals surface area contributed by atoms with Crippen molar-refractivity contribution in [2.24, 2.45) is 0 Å². The molecule has 0 saturated carbocycles. The minimum atomic E-state index is -0.0262. The molecule has 1 aromatic rings. The molecule has 0 aliphatic carbocycles. The van der Waals surface area contributed by atoms with Crippen LogP contribution in [0.25, 0.3) is 0 Å². The minimum Gasteiger partial charge on any atom is -0.294 e. The molecule has 0 aromatic carbocycles. The Balaban J connectivity index is 2.12. The quantitative estimate of drug-likeness (QED) is 0.901. The molecular weight excluding hydrogens is 262 g/mol. The van der Waals surface area contributed by atoms with Gasteiger partial charge in [0.15, 0.2) is 10.9 Å². The van der Waals surface area contributed by atoms with Gasteiger partial charge >= 0.3 is 0 Å². The Morgan fingerprint density at radius 2 is 2.21 bits per heavy atom. The van der Waals surface area contributed by atoms with Crippen molar-refractivity contribution in [2.45, 2.75) is 44.8 Å². The lowest BCUT2D eigenvalue weighted by atomic mass is 9.92. The molecule has 2 heterocycles. The van der Waals surface area contributed by atoms with Crippen LogP contribution >= 0.6 is 11.8 Å². The molecule has 1 saturated heterocycles. The number of carbonyl (C=O) groups excluding carboxylic acids is 2. The molecule has 2 rings (SSSR count). The van der Waals surface area contributed by atoms with E-state index in [0.717, 1.165) is 5.69 Å². The van der Waals surface area contributed by atoms with Crippen LogP contribution in [-0.2, 0) is 15.0 Å². The fraction of sp³-hybridized carbons (Fsp3) is 0.615. The molecule has 5 nitrogen and oxygen atoms in total. The Morgan fingerprint density at radius 1 is 1.53 bits per heavy atom. The van der Waals surface area contributed by atoms with Gasteiger partial charge in [-0.1, -0.05) is 32.5 Å². The Kier molecular flexibility index (Phi) is 3.71. The third-order valence-corrected chi connectivity index (χ3v) is 4.05. The van der Waals surface area contributed by atoms with Crippen LogP contribution in [0.5, 0.6) is 0 Å². The number of rotatable bonds is 2. The summed E-state index contributed by atoms with van der Waals surface area (Å²) in [5, 5.41) is 7.29. The zero-order valence-electron chi connectivity index (χ0n) is 11.7. The summed E-state index contributed by atoms with van der Waals surface area (Å²) < 4.78 is 0. The van der Waals surface area contributed by atoms with Crippen LogP contribution in [-0.4, -0.2) is 33.0 Å². The second-order valence-electron chi connectivity index (χ2n) is 5.83. The van der Waals surface area contributed by atoms with Crippen molar-refractivity contribution in [1.82, 2.24) is 10.2 Å². The highest BCUT2D eigenvalue weighted by Crippen LogP contribution is 2.30. The highest BCUT2D eigenvalue weighted by atomic mass is 32.2. The molecule has 0 radical (unpaired) electrons. The molecule has 0 bridgehead atoms. The fourth-order valence-corrected chi connectivity index (χ4v) is 2.96. The van der Waals surface area contributed by atoms with Crippen LogP contribution in [0.15, 0.2) is 6.07 Å². The molecule has 1 amide bonds. The largest absolute Gasteiger partial charge is 0.294 e. The average Bonchev–Trinajstić information content (AvgIpc) is 2.82. The van der Waals surface area contributed by atoms with Gasteiger partial charge in [0, 0.05) is 42.3 Å². The van der Waals surface area contributed by atoms with Crippen molar-refractivity contribution < 1.29 is 9.59 Å². The van der Waals surface area contributed by atoms with E-state index in [2.05, 4.69) is 31.0 Å². The second kappa shape index (κ2) is 5.00. The number of anilines is 1. The van der Waals surface area contributed by atoms with Gasteiger partial charge in [-0.2, -0.15) is 5.10 Å². The third-order valence-electron chi connectivity index (χ3n) is 3.07. The van der Waals surface area contributed by atoms with Crippen molar-refractivity contribution >= 4 is 28.6 Å². The predicted molar refractivity (Wildman–Crippen MR) is 76.3 cm³/mol. The van der Waals surface area contributed by atoms with E-state index < -0.39 is 0 Å². The molecule has 1 fully saturated rings. The van der Waals surface area contributed by atoms with E-state index in [4.69, 9.17) is 0 Å². The number of aromatic amines is 1. The lowest BCUT2D eigenvalue weighted by Gasteiger charge is -2.15. The number of aromatic nitrogens is 2. The first-order valence-electron chi connectivity index (χ1n) is 6.31. The van der Waals surface area contributed by atoms with Gasteiger partial charge in [0.1, 0.15) is 0 Å². The number of hydrogen-bond donors (Lipinski definition) is 1. The summed E-state index contributed by atoms with van der Waals surface area (Å²) in [5.74, 6) is 0.687. The number of hydrogen-bond acceptors (Lipinski definition) is 4. The first-order chi connectivity index (χ1) is 8.77. The van der Waals surface area contributed by atoms with Gasteiger partial charge in [-0.15, -0.1) is 0 Å². The molecule has 1 N–H and O–H groups in total. The van der Waals surface area contributed by atoms with Gasteiger partial charge in [0.05, 0.1) is 0 Å². The topological polar surface area (TPSA) is 66.1 Å². The van der Waals surface area contributed by atoms with E-state index in [0.29, 0.717) is 18.8 Å². The summed E-state index contributed by atoms with van der Waals surface area (Å²) >= 11 is 1.24. The van der Waals surface area contributed by atoms with Crippen molar-refractivity contribution in [2.75, 3.05) is 11.4 Å². The zero-order chi connectivity index (χ0) is 14.2. The van der Waals surface area contributed by atoms with Crippen LogP contribution in [0.1, 0.15) is 39.8 Å². The van der Waals surface area contributed by atoms with E-state index in [1.54, 1.807) is 4.90 Å². The smallest absolute Gasteiger partial charge is 0.229 e. The van der Waals surface area contributed by atoms with Crippen LogP contribution in [0.3, 0.4) is 0 Å². The van der Waals surface area contributed by atoms with Crippen molar-refractivity contribution in [3.05, 3.63) is 11.8 Å². The maximum atomic E-state index is 12.0. The van der Waals surface area contributed by atoms with Gasteiger partial charge in [0.2, 0.25) is 5.91 Å². The number of thioether (sulfide) groups is 1. The summed E-state index contributed by atoms with van der Waals surface area (Å²) in [4.78, 5) is 24.7. The molecule has 1 aliphatic heterocycles. The zero-order valence-corrected chi connectivity index (χ0v) is 12.5. The summed E-state index contributed by atoms with van der Waals surface area (Å²) in [5.41, 5.74) is 0.972. The summed E-state index contributed by atoms with van der Waals surface area (Å²) in [6.07, 6.45) is 0.405. The Bertz CT molecular complexity index is 504. The SMILES string of the molecule is CC(=O)SC1CC(=O)N(c2cc(C(C)(C)C)[nH]n2)C1. The molecule has 104 valence electrons. The number of nitrogens with one attached hydrogen (secondary N) is 1. The third kappa shape index (κ3) is 3.18. The number of nitrogens with zero attached hydrogens (tertiary/aromatic N) is 2. The van der Waals surface area contributed by atoms with Gasteiger partial charge in [-0.3, -0.25) is 19.6 Å². The van der Waals surface area contributed by atoms with E-state index in [1.807, 2.05) is 6.07 Å². The van der Waals surface area contributed by atoms with Crippen LogP contribution in [0, 0.1) is 0 Å². The van der Waals surface area contributed by atoms with Gasteiger partial charge in [-0.25, -0.2) is 0 Å². The van der Waals surface area contributed by atoms with Crippen LogP contribution in [0.4, 0.5) is 5.82 Å².